The van der Waals surface area contributed by atoms with Crippen molar-refractivity contribution in [2.75, 3.05) is 6.54 Å². The summed E-state index contributed by atoms with van der Waals surface area (Å²) in [6, 6.07) is 0.00339. The molecule has 3 nitrogen and oxygen atoms in total. The van der Waals surface area contributed by atoms with Crippen molar-refractivity contribution in [1.29, 1.82) is 0 Å². The summed E-state index contributed by atoms with van der Waals surface area (Å²) >= 11 is 0. The molecule has 0 unspecified atom stereocenters. The molecule has 2 N–H and O–H groups in total. The van der Waals surface area contributed by atoms with Crippen LogP contribution in [0.4, 0.5) is 4.79 Å². The molecule has 0 aromatic rings. The van der Waals surface area contributed by atoms with Gasteiger partial charge < -0.3 is 10.6 Å². The maximum absolute atomic E-state index is 12.6. The van der Waals surface area contributed by atoms with Gasteiger partial charge in [-0.05, 0) is 32.1 Å². The Balaban J connectivity index is 3.75. The van der Waals surface area contributed by atoms with Gasteiger partial charge in [0.2, 0.25) is 0 Å². The molecule has 0 saturated carbocycles. The van der Waals surface area contributed by atoms with Crippen molar-refractivity contribution in [2.45, 2.75) is 252 Å². The predicted octanol–water partition coefficient (Wildman–Crippen LogP) is 15.3. The number of unbranched alkanes of at least 4 members (excludes halogenated alkanes) is 32. The summed E-state index contributed by atoms with van der Waals surface area (Å²) in [5.74, 6) is 0. The van der Waals surface area contributed by atoms with E-state index in [1.165, 1.54) is 212 Å². The monoisotopic (exact) mass is 647 g/mol. The van der Waals surface area contributed by atoms with Gasteiger partial charge in [0.05, 0.1) is 0 Å². The van der Waals surface area contributed by atoms with E-state index < -0.39 is 0 Å². The first-order chi connectivity index (χ1) is 22.7. The van der Waals surface area contributed by atoms with Crippen LogP contribution in [0.3, 0.4) is 0 Å². The van der Waals surface area contributed by atoms with E-state index in [2.05, 4.69) is 37.5 Å². The average molecular weight is 647 g/mol. The topological polar surface area (TPSA) is 41.1 Å². The second kappa shape index (κ2) is 40.2. The van der Waals surface area contributed by atoms with Crippen molar-refractivity contribution >= 4 is 6.03 Å². The van der Waals surface area contributed by atoms with Crippen LogP contribution in [0.2, 0.25) is 0 Å². The van der Waals surface area contributed by atoms with Crippen LogP contribution in [-0.4, -0.2) is 12.6 Å². The minimum absolute atomic E-state index is 0.00339. The first-order valence-electron chi connectivity index (χ1n) is 21.5. The largest absolute Gasteiger partial charge is 0.338 e. The molecule has 0 rings (SSSR count). The fourth-order valence-corrected chi connectivity index (χ4v) is 6.64. The fourth-order valence-electron chi connectivity index (χ4n) is 6.64. The lowest BCUT2D eigenvalue weighted by atomic mass is 10.0. The lowest BCUT2D eigenvalue weighted by molar-refractivity contribution is 0.242. The lowest BCUT2D eigenvalue weighted by Gasteiger charge is -2.12. The zero-order valence-electron chi connectivity index (χ0n) is 32.1. The number of hydrogen-bond acceptors (Lipinski definition) is 1. The Bertz CT molecular complexity index is 616. The Morgan fingerprint density at radius 1 is 0.391 bits per heavy atom. The zero-order chi connectivity index (χ0) is 33.4. The van der Waals surface area contributed by atoms with E-state index in [0.29, 0.717) is 0 Å². The van der Waals surface area contributed by atoms with Crippen LogP contribution in [-0.2, 0) is 0 Å². The van der Waals surface area contributed by atoms with E-state index >= 15 is 0 Å². The van der Waals surface area contributed by atoms with Crippen LogP contribution in [0, 0.1) is 0 Å². The van der Waals surface area contributed by atoms with Crippen molar-refractivity contribution in [1.82, 2.24) is 10.6 Å². The van der Waals surface area contributed by atoms with E-state index in [-0.39, 0.29) is 6.03 Å². The Hall–Kier alpha value is -0.990. The summed E-state index contributed by atoms with van der Waals surface area (Å²) in [5.41, 5.74) is 1.15. The van der Waals surface area contributed by atoms with E-state index in [4.69, 9.17) is 0 Å². The second-order valence-electron chi connectivity index (χ2n) is 14.6. The molecule has 0 saturated heterocycles. The molecule has 0 bridgehead atoms. The molecule has 274 valence electrons. The van der Waals surface area contributed by atoms with Crippen LogP contribution in [0.15, 0.2) is 11.8 Å². The van der Waals surface area contributed by atoms with Gasteiger partial charge in [-0.3, -0.25) is 0 Å². The molecule has 0 spiro atoms. The molecule has 0 aliphatic rings. The van der Waals surface area contributed by atoms with Gasteiger partial charge in [-0.25, -0.2) is 4.79 Å². The molecular formula is C43H86N2O. The molecule has 0 aliphatic carbocycles. The highest BCUT2D eigenvalue weighted by atomic mass is 16.2. The standard InChI is InChI=1S/C43H86N2O/c1-4-7-10-13-15-17-19-21-23-25-27-29-31-33-35-38-41-44-43(46)45-42(39-36-12-9-6-3)40-37-34-32-30-28-26-24-22-20-18-16-14-11-8-5-2/h39H,4-38,40-41H2,1-3H3,(H2,44,45,46). The van der Waals surface area contributed by atoms with Gasteiger partial charge in [0.25, 0.3) is 0 Å². The zero-order valence-corrected chi connectivity index (χ0v) is 32.1. The quantitative estimate of drug-likeness (QED) is 0.0644. The van der Waals surface area contributed by atoms with Crippen LogP contribution in [0.1, 0.15) is 252 Å². The Morgan fingerprint density at radius 3 is 1.07 bits per heavy atom. The van der Waals surface area contributed by atoms with Crippen molar-refractivity contribution in [3.8, 4) is 0 Å². The molecular weight excluding hydrogens is 560 g/mol. The summed E-state index contributed by atoms with van der Waals surface area (Å²) in [6.07, 6.45) is 51.1. The molecule has 0 atom stereocenters. The van der Waals surface area contributed by atoms with Crippen molar-refractivity contribution in [2.24, 2.45) is 0 Å². The normalized spacial score (nSPS) is 11.8. The second-order valence-corrected chi connectivity index (χ2v) is 14.6. The molecule has 0 aromatic heterocycles. The van der Waals surface area contributed by atoms with E-state index in [9.17, 15) is 4.79 Å². The number of urea groups is 1. The van der Waals surface area contributed by atoms with Gasteiger partial charge in [0.15, 0.2) is 0 Å². The number of nitrogens with one attached hydrogen (secondary N) is 2. The summed E-state index contributed by atoms with van der Waals surface area (Å²) < 4.78 is 0. The highest BCUT2D eigenvalue weighted by Crippen LogP contribution is 2.16. The summed E-state index contributed by atoms with van der Waals surface area (Å²) in [6.45, 7) is 7.64. The van der Waals surface area contributed by atoms with Gasteiger partial charge in [-0.15, -0.1) is 0 Å². The van der Waals surface area contributed by atoms with Crippen LogP contribution >= 0.6 is 0 Å². The molecule has 46 heavy (non-hydrogen) atoms. The van der Waals surface area contributed by atoms with Gasteiger partial charge in [-0.1, -0.05) is 226 Å². The maximum Gasteiger partial charge on any atom is 0.318 e. The molecule has 3 heteroatoms. The minimum atomic E-state index is 0.00339. The Labute approximate surface area is 291 Å². The fraction of sp³-hybridized carbons (Fsp3) is 0.930. The van der Waals surface area contributed by atoms with E-state index in [1.54, 1.807) is 0 Å². The molecule has 0 fully saturated rings. The van der Waals surface area contributed by atoms with Crippen LogP contribution in [0.25, 0.3) is 0 Å². The highest BCUT2D eigenvalue weighted by Gasteiger charge is 2.05. The van der Waals surface area contributed by atoms with Gasteiger partial charge in [0.1, 0.15) is 0 Å². The summed E-state index contributed by atoms with van der Waals surface area (Å²) in [4.78, 5) is 12.6. The minimum Gasteiger partial charge on any atom is -0.338 e. The Kier molecular flexibility index (Phi) is 39.3. The van der Waals surface area contributed by atoms with Gasteiger partial charge >= 0.3 is 6.03 Å². The van der Waals surface area contributed by atoms with E-state index in [1.807, 2.05) is 0 Å². The SMILES string of the molecule is CCCCCC=C(CCCCCCCCCCCCCCCCC)NC(=O)NCCCCCCCCCCCCCCCCCC. The van der Waals surface area contributed by atoms with Crippen molar-refractivity contribution < 1.29 is 4.79 Å². The molecule has 2 amide bonds. The van der Waals surface area contributed by atoms with Gasteiger partial charge in [-0.2, -0.15) is 0 Å². The third-order valence-electron chi connectivity index (χ3n) is 9.84. The maximum atomic E-state index is 12.6. The number of hydrogen-bond donors (Lipinski definition) is 2. The molecule has 0 radical (unpaired) electrons. The number of rotatable bonds is 38. The number of carbonyl (C=O) groups excluding carboxylic acids is 1. The Morgan fingerprint density at radius 2 is 0.696 bits per heavy atom. The average Bonchev–Trinajstić information content (AvgIpc) is 3.06. The first kappa shape index (κ1) is 45.0. The summed E-state index contributed by atoms with van der Waals surface area (Å²) in [5, 5.41) is 6.34. The first-order valence-corrected chi connectivity index (χ1v) is 21.5. The molecule has 0 heterocycles. The van der Waals surface area contributed by atoms with Crippen LogP contribution in [0.5, 0.6) is 0 Å². The predicted molar refractivity (Wildman–Crippen MR) is 208 cm³/mol. The van der Waals surface area contributed by atoms with Crippen molar-refractivity contribution in [3.63, 3.8) is 0 Å². The smallest absolute Gasteiger partial charge is 0.318 e. The van der Waals surface area contributed by atoms with Gasteiger partial charge in [0, 0.05) is 12.2 Å². The third-order valence-corrected chi connectivity index (χ3v) is 9.84. The number of carbonyl (C=O) groups is 1. The number of amides is 2. The van der Waals surface area contributed by atoms with Crippen molar-refractivity contribution in [3.05, 3.63) is 11.8 Å². The summed E-state index contributed by atoms with van der Waals surface area (Å²) in [7, 11) is 0. The van der Waals surface area contributed by atoms with E-state index in [0.717, 1.165) is 31.5 Å². The lowest BCUT2D eigenvalue weighted by Crippen LogP contribution is -2.35. The third kappa shape index (κ3) is 37.5. The number of allylic oxidation sites excluding steroid dienone is 2. The molecule has 0 aliphatic heterocycles. The van der Waals surface area contributed by atoms with Crippen LogP contribution < -0.4 is 10.6 Å². The highest BCUT2D eigenvalue weighted by molar-refractivity contribution is 5.75. The molecule has 0 aromatic carbocycles.